The van der Waals surface area contributed by atoms with Crippen molar-refractivity contribution >= 4 is 5.69 Å². The number of nitrogens with one attached hydrogen (secondary N) is 1. The number of rotatable bonds is 4. The van der Waals surface area contributed by atoms with Crippen molar-refractivity contribution in [3.8, 4) is 11.6 Å². The Hall–Kier alpha value is -2.96. The lowest BCUT2D eigenvalue weighted by Gasteiger charge is -2.08. The number of hydrogen-bond acceptors (Lipinski definition) is 5. The van der Waals surface area contributed by atoms with Gasteiger partial charge in [-0.15, -0.1) is 0 Å². The van der Waals surface area contributed by atoms with Crippen molar-refractivity contribution in [2.45, 2.75) is 6.54 Å². The molecule has 2 heterocycles. The molecule has 7 heteroatoms. The quantitative estimate of drug-likeness (QED) is 0.768. The van der Waals surface area contributed by atoms with Gasteiger partial charge >= 0.3 is 0 Å². The van der Waals surface area contributed by atoms with E-state index in [0.717, 1.165) is 5.69 Å². The Morgan fingerprint density at radius 3 is 2.86 bits per heavy atom. The summed E-state index contributed by atoms with van der Waals surface area (Å²) in [4.78, 5) is 8.08. The van der Waals surface area contributed by atoms with E-state index in [9.17, 15) is 9.50 Å². The summed E-state index contributed by atoms with van der Waals surface area (Å²) in [5, 5.41) is 16.7. The molecule has 0 amide bonds. The Labute approximate surface area is 119 Å². The molecule has 0 aliphatic rings. The maximum atomic E-state index is 13.1. The minimum absolute atomic E-state index is 0.0519. The molecule has 0 aliphatic carbocycles. The molecule has 106 valence electrons. The predicted octanol–water partition coefficient (Wildman–Crippen LogP) is 2.12. The minimum atomic E-state index is -0.385. The number of phenolic OH excluding ortho intramolecular Hbond substituents is 1. The number of benzene rings is 1. The van der Waals surface area contributed by atoms with Crippen LogP contribution in [0.15, 0.2) is 49.2 Å². The van der Waals surface area contributed by atoms with Gasteiger partial charge in [0.05, 0.1) is 11.9 Å². The van der Waals surface area contributed by atoms with E-state index in [4.69, 9.17) is 0 Å². The standard InChI is InChI=1S/C14H12FN5O/c15-11-1-3-13(21)10(5-11)6-17-12-2-4-14(18-7-12)20-9-16-8-19-20/h1-5,7-9,17,21H,6H2. The van der Waals surface area contributed by atoms with Gasteiger partial charge < -0.3 is 10.4 Å². The first-order chi connectivity index (χ1) is 10.2. The number of phenols is 1. The van der Waals surface area contributed by atoms with Crippen molar-refractivity contribution in [2.24, 2.45) is 0 Å². The van der Waals surface area contributed by atoms with Crippen LogP contribution in [0.25, 0.3) is 5.82 Å². The zero-order chi connectivity index (χ0) is 14.7. The molecular formula is C14H12FN5O. The smallest absolute Gasteiger partial charge is 0.155 e. The van der Waals surface area contributed by atoms with Crippen LogP contribution in [-0.4, -0.2) is 24.9 Å². The molecule has 0 aliphatic heterocycles. The van der Waals surface area contributed by atoms with Crippen LogP contribution in [0.5, 0.6) is 5.75 Å². The number of halogens is 1. The maximum absolute atomic E-state index is 13.1. The van der Waals surface area contributed by atoms with Crippen molar-refractivity contribution in [3.63, 3.8) is 0 Å². The summed E-state index contributed by atoms with van der Waals surface area (Å²) in [6.07, 6.45) is 4.62. The Morgan fingerprint density at radius 1 is 1.24 bits per heavy atom. The van der Waals surface area contributed by atoms with E-state index >= 15 is 0 Å². The van der Waals surface area contributed by atoms with E-state index in [-0.39, 0.29) is 11.6 Å². The lowest BCUT2D eigenvalue weighted by atomic mass is 10.2. The molecule has 0 saturated carbocycles. The van der Waals surface area contributed by atoms with Crippen LogP contribution < -0.4 is 5.32 Å². The van der Waals surface area contributed by atoms with Gasteiger partial charge in [0.1, 0.15) is 24.2 Å². The Morgan fingerprint density at radius 2 is 2.14 bits per heavy atom. The summed E-state index contributed by atoms with van der Waals surface area (Å²) in [6.45, 7) is 0.300. The lowest BCUT2D eigenvalue weighted by molar-refractivity contribution is 0.466. The van der Waals surface area contributed by atoms with Gasteiger partial charge in [-0.25, -0.2) is 19.0 Å². The molecule has 0 spiro atoms. The summed E-state index contributed by atoms with van der Waals surface area (Å²) in [7, 11) is 0. The van der Waals surface area contributed by atoms with E-state index < -0.39 is 0 Å². The monoisotopic (exact) mass is 285 g/mol. The summed E-state index contributed by atoms with van der Waals surface area (Å²) >= 11 is 0. The first-order valence-corrected chi connectivity index (χ1v) is 6.25. The zero-order valence-electron chi connectivity index (χ0n) is 10.9. The minimum Gasteiger partial charge on any atom is -0.508 e. The molecule has 2 N–H and O–H groups in total. The first-order valence-electron chi connectivity index (χ1n) is 6.25. The number of anilines is 1. The number of nitrogens with zero attached hydrogens (tertiary/aromatic N) is 4. The molecule has 0 bridgehead atoms. The molecule has 3 rings (SSSR count). The lowest BCUT2D eigenvalue weighted by Crippen LogP contribution is -2.02. The highest BCUT2D eigenvalue weighted by atomic mass is 19.1. The van der Waals surface area contributed by atoms with Gasteiger partial charge in [-0.1, -0.05) is 0 Å². The van der Waals surface area contributed by atoms with Gasteiger partial charge in [-0.3, -0.25) is 0 Å². The fourth-order valence-electron chi connectivity index (χ4n) is 1.85. The molecule has 2 aromatic heterocycles. The predicted molar refractivity (Wildman–Crippen MR) is 74.5 cm³/mol. The molecule has 0 atom stereocenters. The van der Waals surface area contributed by atoms with E-state index in [1.54, 1.807) is 23.3 Å². The normalized spacial score (nSPS) is 10.5. The van der Waals surface area contributed by atoms with Crippen LogP contribution in [0.1, 0.15) is 5.56 Å². The van der Waals surface area contributed by atoms with Crippen LogP contribution in [0.2, 0.25) is 0 Å². The SMILES string of the molecule is Oc1ccc(F)cc1CNc1ccc(-n2cncn2)nc1. The topological polar surface area (TPSA) is 75.9 Å². The highest BCUT2D eigenvalue weighted by Gasteiger charge is 2.04. The number of hydrogen-bond donors (Lipinski definition) is 2. The summed E-state index contributed by atoms with van der Waals surface area (Å²) in [5.74, 6) is 0.312. The largest absolute Gasteiger partial charge is 0.508 e. The fraction of sp³-hybridized carbons (Fsp3) is 0.0714. The second-order valence-corrected chi connectivity index (χ2v) is 4.37. The molecule has 6 nitrogen and oxygen atoms in total. The van der Waals surface area contributed by atoms with E-state index in [0.29, 0.717) is 17.9 Å². The third kappa shape index (κ3) is 2.97. The molecular weight excluding hydrogens is 273 g/mol. The molecule has 3 aromatic rings. The summed E-state index contributed by atoms with van der Waals surface area (Å²) in [5.41, 5.74) is 1.23. The number of aromatic nitrogens is 4. The molecule has 0 unspecified atom stereocenters. The van der Waals surface area contributed by atoms with Gasteiger partial charge in [0.25, 0.3) is 0 Å². The van der Waals surface area contributed by atoms with Crippen molar-refractivity contribution in [1.29, 1.82) is 0 Å². The van der Waals surface area contributed by atoms with Crippen LogP contribution in [0, 0.1) is 5.82 Å². The fourth-order valence-corrected chi connectivity index (χ4v) is 1.85. The highest BCUT2D eigenvalue weighted by Crippen LogP contribution is 2.19. The summed E-state index contributed by atoms with van der Waals surface area (Å²) < 4.78 is 14.7. The summed E-state index contributed by atoms with van der Waals surface area (Å²) in [6, 6.07) is 7.44. The third-order valence-electron chi connectivity index (χ3n) is 2.93. The van der Waals surface area contributed by atoms with E-state index in [1.165, 1.54) is 24.5 Å². The second-order valence-electron chi connectivity index (χ2n) is 4.37. The van der Waals surface area contributed by atoms with Crippen molar-refractivity contribution < 1.29 is 9.50 Å². The Balaban J connectivity index is 1.70. The molecule has 21 heavy (non-hydrogen) atoms. The molecule has 0 radical (unpaired) electrons. The number of pyridine rings is 1. The molecule has 0 fully saturated rings. The van der Waals surface area contributed by atoms with Crippen molar-refractivity contribution in [3.05, 3.63) is 60.6 Å². The van der Waals surface area contributed by atoms with Crippen molar-refractivity contribution in [2.75, 3.05) is 5.32 Å². The molecule has 1 aromatic carbocycles. The van der Waals surface area contributed by atoms with Crippen LogP contribution in [-0.2, 0) is 6.54 Å². The van der Waals surface area contributed by atoms with E-state index in [2.05, 4.69) is 20.4 Å². The van der Waals surface area contributed by atoms with Crippen LogP contribution in [0.3, 0.4) is 0 Å². The Kier molecular flexibility index (Phi) is 3.46. The van der Waals surface area contributed by atoms with Crippen LogP contribution in [0.4, 0.5) is 10.1 Å². The van der Waals surface area contributed by atoms with Crippen molar-refractivity contribution in [1.82, 2.24) is 19.7 Å². The van der Waals surface area contributed by atoms with Gasteiger partial charge in [0.2, 0.25) is 0 Å². The van der Waals surface area contributed by atoms with Gasteiger partial charge in [-0.05, 0) is 30.3 Å². The van der Waals surface area contributed by atoms with Gasteiger partial charge in [0.15, 0.2) is 5.82 Å². The maximum Gasteiger partial charge on any atom is 0.155 e. The highest BCUT2D eigenvalue weighted by molar-refractivity contribution is 5.45. The Bertz CT molecular complexity index is 728. The zero-order valence-corrected chi connectivity index (χ0v) is 10.9. The molecule has 0 saturated heterocycles. The number of aromatic hydroxyl groups is 1. The van der Waals surface area contributed by atoms with Crippen LogP contribution >= 0.6 is 0 Å². The second kappa shape index (κ2) is 5.58. The van der Waals surface area contributed by atoms with Gasteiger partial charge in [0, 0.05) is 12.1 Å². The van der Waals surface area contributed by atoms with E-state index in [1.807, 2.05) is 6.07 Å². The van der Waals surface area contributed by atoms with Gasteiger partial charge in [-0.2, -0.15) is 5.10 Å². The third-order valence-corrected chi connectivity index (χ3v) is 2.93. The first kappa shape index (κ1) is 13.0. The average molecular weight is 285 g/mol. The average Bonchev–Trinajstić information content (AvgIpc) is 3.03.